The highest BCUT2D eigenvalue weighted by molar-refractivity contribution is 6.11. The van der Waals surface area contributed by atoms with Gasteiger partial charge in [0.05, 0.1) is 12.7 Å². The van der Waals surface area contributed by atoms with Crippen molar-refractivity contribution < 1.29 is 33.0 Å². The number of benzene rings is 2. The number of hydrogen-bond acceptors (Lipinski definition) is 6. The summed E-state index contributed by atoms with van der Waals surface area (Å²) in [6.45, 7) is 3.31. The number of aliphatic hydroxyl groups excluding tert-OH is 1. The number of hydrogen-bond donors (Lipinski definition) is 2. The van der Waals surface area contributed by atoms with Gasteiger partial charge in [-0.05, 0) is 50.2 Å². The van der Waals surface area contributed by atoms with Crippen molar-refractivity contribution in [3.63, 3.8) is 0 Å². The van der Waals surface area contributed by atoms with E-state index in [2.05, 4.69) is 4.74 Å². The number of esters is 1. The highest BCUT2D eigenvalue weighted by Crippen LogP contribution is 2.38. The molecule has 0 aliphatic rings. The van der Waals surface area contributed by atoms with Crippen LogP contribution in [0.1, 0.15) is 29.8 Å². The summed E-state index contributed by atoms with van der Waals surface area (Å²) in [6.07, 6.45) is -1.46. The van der Waals surface area contributed by atoms with Crippen molar-refractivity contribution in [2.45, 2.75) is 26.6 Å². The molecule has 1 heterocycles. The van der Waals surface area contributed by atoms with Crippen LogP contribution >= 0.6 is 0 Å². The predicted molar refractivity (Wildman–Crippen MR) is 98.3 cm³/mol. The largest absolute Gasteiger partial charge is 0.491 e. The number of halogens is 1. The third-order valence-electron chi connectivity index (χ3n) is 3.91. The van der Waals surface area contributed by atoms with Crippen LogP contribution in [0.15, 0.2) is 40.8 Å². The van der Waals surface area contributed by atoms with Gasteiger partial charge >= 0.3 is 12.1 Å². The zero-order valence-electron chi connectivity index (χ0n) is 15.2. The van der Waals surface area contributed by atoms with Crippen molar-refractivity contribution in [1.29, 1.82) is 0 Å². The fourth-order valence-corrected chi connectivity index (χ4v) is 2.80. The molecule has 3 N–H and O–H groups in total. The first kappa shape index (κ1) is 19.4. The number of primary amides is 1. The van der Waals surface area contributed by atoms with Gasteiger partial charge in [-0.1, -0.05) is 0 Å². The van der Waals surface area contributed by atoms with Crippen molar-refractivity contribution in [3.8, 4) is 17.1 Å². The van der Waals surface area contributed by atoms with E-state index in [1.807, 2.05) is 13.8 Å². The lowest BCUT2D eigenvalue weighted by Gasteiger charge is -2.13. The molecule has 0 aliphatic heterocycles. The normalized spacial score (nSPS) is 11.0. The zero-order chi connectivity index (χ0) is 20.4. The Balaban J connectivity index is 2.27. The molecule has 1 amide bonds. The van der Waals surface area contributed by atoms with Gasteiger partial charge in [0.1, 0.15) is 28.5 Å². The molecule has 1 aromatic heterocycles. The Kier molecular flexibility index (Phi) is 5.32. The number of furan rings is 1. The first-order valence-corrected chi connectivity index (χ1v) is 8.44. The van der Waals surface area contributed by atoms with E-state index < -0.39 is 17.9 Å². The van der Waals surface area contributed by atoms with Crippen LogP contribution in [-0.4, -0.2) is 23.3 Å². The second kappa shape index (κ2) is 7.69. The minimum atomic E-state index is -1.27. The molecule has 0 bridgehead atoms. The van der Waals surface area contributed by atoms with E-state index in [1.54, 1.807) is 0 Å². The molecule has 3 aromatic rings. The fraction of sp³-hybridized carbons (Fsp3) is 0.200. The number of ether oxygens (including phenoxy) is 2. The third-order valence-corrected chi connectivity index (χ3v) is 3.91. The van der Waals surface area contributed by atoms with Crippen molar-refractivity contribution in [2.75, 3.05) is 0 Å². The van der Waals surface area contributed by atoms with E-state index in [4.69, 9.17) is 14.9 Å². The summed E-state index contributed by atoms with van der Waals surface area (Å²) in [6, 6.07) is 8.31. The van der Waals surface area contributed by atoms with Crippen LogP contribution in [0.25, 0.3) is 22.3 Å². The molecule has 0 saturated carbocycles. The van der Waals surface area contributed by atoms with Crippen LogP contribution in [0.3, 0.4) is 0 Å². The van der Waals surface area contributed by atoms with E-state index >= 15 is 0 Å². The molecule has 28 heavy (non-hydrogen) atoms. The number of fused-ring (bicyclic) bond motifs is 1. The van der Waals surface area contributed by atoms with Crippen LogP contribution in [0.2, 0.25) is 0 Å². The molecule has 7 nitrogen and oxygen atoms in total. The van der Waals surface area contributed by atoms with Gasteiger partial charge in [-0.3, -0.25) is 0 Å². The van der Waals surface area contributed by atoms with E-state index in [-0.39, 0.29) is 29.6 Å². The monoisotopic (exact) mass is 387 g/mol. The van der Waals surface area contributed by atoms with Gasteiger partial charge in [0.15, 0.2) is 0 Å². The molecule has 8 heteroatoms. The molecular formula is C20H18FNO6. The van der Waals surface area contributed by atoms with Crippen LogP contribution in [0.4, 0.5) is 9.18 Å². The number of aliphatic hydroxyl groups is 1. The van der Waals surface area contributed by atoms with Gasteiger partial charge in [0, 0.05) is 16.5 Å². The molecular weight excluding hydrogens is 369 g/mol. The standard InChI is InChI=1S/C20H18FNO6/c1-10(2)26-15-8-14-16(7-12(15)9-23)27-18(11-3-5-13(21)6-4-11)17(14)19(24)28-20(22)25/h3-8,10,23H,9H2,1-2H3,(H2,22,25). The summed E-state index contributed by atoms with van der Waals surface area (Å²) < 4.78 is 29.3. The van der Waals surface area contributed by atoms with E-state index in [0.29, 0.717) is 22.3 Å². The highest BCUT2D eigenvalue weighted by Gasteiger charge is 2.26. The van der Waals surface area contributed by atoms with Crippen LogP contribution in [0.5, 0.6) is 5.75 Å². The van der Waals surface area contributed by atoms with Crippen molar-refractivity contribution in [2.24, 2.45) is 5.73 Å². The van der Waals surface area contributed by atoms with Gasteiger partial charge in [0.2, 0.25) is 0 Å². The first-order chi connectivity index (χ1) is 13.3. The Hall–Kier alpha value is -3.39. The van der Waals surface area contributed by atoms with Gasteiger partial charge in [-0.2, -0.15) is 0 Å². The maximum atomic E-state index is 13.3. The first-order valence-electron chi connectivity index (χ1n) is 8.44. The summed E-state index contributed by atoms with van der Waals surface area (Å²) in [5.74, 6) is -1.05. The van der Waals surface area contributed by atoms with Crippen molar-refractivity contribution >= 4 is 23.0 Å². The lowest BCUT2D eigenvalue weighted by atomic mass is 10.0. The minimum absolute atomic E-state index is 0.0569. The Morgan fingerprint density at radius 1 is 1.21 bits per heavy atom. The number of carbonyl (C=O) groups excluding carboxylic acids is 2. The molecule has 0 radical (unpaired) electrons. The van der Waals surface area contributed by atoms with Gasteiger partial charge in [-0.15, -0.1) is 0 Å². The average Bonchev–Trinajstić information content (AvgIpc) is 2.98. The van der Waals surface area contributed by atoms with Gasteiger partial charge in [0.25, 0.3) is 0 Å². The smallest absolute Gasteiger partial charge is 0.412 e. The van der Waals surface area contributed by atoms with Crippen LogP contribution < -0.4 is 10.5 Å². The molecule has 0 atom stereocenters. The molecule has 2 aromatic carbocycles. The number of amides is 1. The molecule has 0 saturated heterocycles. The quantitative estimate of drug-likeness (QED) is 0.509. The molecule has 3 rings (SSSR count). The van der Waals surface area contributed by atoms with E-state index in [9.17, 15) is 19.1 Å². The Bertz CT molecular complexity index is 1040. The molecule has 0 spiro atoms. The third kappa shape index (κ3) is 3.81. The maximum absolute atomic E-state index is 13.3. The Morgan fingerprint density at radius 3 is 2.46 bits per heavy atom. The Labute approximate surface area is 159 Å². The lowest BCUT2D eigenvalue weighted by molar-refractivity contribution is 0.0640. The second-order valence-corrected chi connectivity index (χ2v) is 6.30. The summed E-state index contributed by atoms with van der Waals surface area (Å²) in [4.78, 5) is 23.6. The van der Waals surface area contributed by atoms with E-state index in [1.165, 1.54) is 36.4 Å². The Morgan fingerprint density at radius 2 is 1.89 bits per heavy atom. The van der Waals surface area contributed by atoms with Crippen LogP contribution in [0, 0.1) is 5.82 Å². The van der Waals surface area contributed by atoms with E-state index in [0.717, 1.165) is 0 Å². The summed E-state index contributed by atoms with van der Waals surface area (Å²) in [5, 5.41) is 9.93. The van der Waals surface area contributed by atoms with Gasteiger partial charge in [-0.25, -0.2) is 14.0 Å². The minimum Gasteiger partial charge on any atom is -0.491 e. The topological polar surface area (TPSA) is 112 Å². The lowest BCUT2D eigenvalue weighted by Crippen LogP contribution is -2.18. The number of rotatable bonds is 5. The maximum Gasteiger partial charge on any atom is 0.412 e. The number of nitrogens with two attached hydrogens (primary N) is 1. The predicted octanol–water partition coefficient (Wildman–Crippen LogP) is 3.75. The fourth-order valence-electron chi connectivity index (χ4n) is 2.80. The van der Waals surface area contributed by atoms with Crippen molar-refractivity contribution in [1.82, 2.24) is 0 Å². The van der Waals surface area contributed by atoms with Crippen LogP contribution in [-0.2, 0) is 11.3 Å². The summed E-state index contributed by atoms with van der Waals surface area (Å²) in [7, 11) is 0. The second-order valence-electron chi connectivity index (χ2n) is 6.30. The summed E-state index contributed by atoms with van der Waals surface area (Å²) in [5.41, 5.74) is 6.03. The SMILES string of the molecule is CC(C)Oc1cc2c(C(=O)OC(N)=O)c(-c3ccc(F)cc3)oc2cc1CO. The number of carbonyl (C=O) groups is 2. The highest BCUT2D eigenvalue weighted by atomic mass is 19.1. The average molecular weight is 387 g/mol. The molecule has 0 unspecified atom stereocenters. The van der Waals surface area contributed by atoms with Crippen molar-refractivity contribution in [3.05, 3.63) is 53.3 Å². The summed E-state index contributed by atoms with van der Waals surface area (Å²) >= 11 is 0. The molecule has 0 fully saturated rings. The molecule has 0 aliphatic carbocycles. The zero-order valence-corrected chi connectivity index (χ0v) is 15.2. The molecule has 146 valence electrons. The van der Waals surface area contributed by atoms with Gasteiger partial charge < -0.3 is 24.7 Å².